The Morgan fingerprint density at radius 3 is 2.27 bits per heavy atom. The first-order chi connectivity index (χ1) is 20.5. The summed E-state index contributed by atoms with van der Waals surface area (Å²) in [7, 11) is 0. The topological polar surface area (TPSA) is 192 Å². The second-order valence-electron chi connectivity index (χ2n) is 12.9. The molecule has 0 radical (unpaired) electrons. The van der Waals surface area contributed by atoms with E-state index in [1.807, 2.05) is 31.2 Å². The highest BCUT2D eigenvalue weighted by atomic mass is 16.6. The minimum absolute atomic E-state index is 0.134. The lowest BCUT2D eigenvalue weighted by Gasteiger charge is -2.41. The molecule has 0 aromatic heterocycles. The number of ether oxygens (including phenoxy) is 1. The van der Waals surface area contributed by atoms with Crippen LogP contribution in [-0.4, -0.2) is 104 Å². The van der Waals surface area contributed by atoms with Gasteiger partial charge in [0.2, 0.25) is 23.6 Å². The summed E-state index contributed by atoms with van der Waals surface area (Å²) in [4.78, 5) is 69.5. The number of alkyl carbamates (subject to hydrolysis) is 1. The number of likely N-dealkylation sites (tertiary alicyclic amines) is 2. The first-order valence-electron chi connectivity index (χ1n) is 15.1. The van der Waals surface area contributed by atoms with Crippen LogP contribution in [0.2, 0.25) is 0 Å². The number of nitrogens with one attached hydrogen (secondary N) is 2. The fourth-order valence-electron chi connectivity index (χ4n) is 6.03. The van der Waals surface area contributed by atoms with E-state index in [4.69, 9.17) is 10.5 Å². The van der Waals surface area contributed by atoms with Crippen LogP contribution in [0, 0.1) is 6.92 Å². The van der Waals surface area contributed by atoms with Gasteiger partial charge in [-0.1, -0.05) is 29.8 Å². The van der Waals surface area contributed by atoms with E-state index < -0.39 is 71.2 Å². The Kier molecular flexibility index (Phi) is 11.0. The highest BCUT2D eigenvalue weighted by Gasteiger charge is 2.53. The normalized spacial score (nSPS) is 23.0. The molecule has 244 valence electrons. The lowest BCUT2D eigenvalue weighted by Crippen LogP contribution is -2.65. The number of benzene rings is 1. The first-order valence-corrected chi connectivity index (χ1v) is 15.1. The van der Waals surface area contributed by atoms with Crippen molar-refractivity contribution in [2.75, 3.05) is 13.1 Å². The second-order valence-corrected chi connectivity index (χ2v) is 12.9. The smallest absolute Gasteiger partial charge is 0.408 e. The number of primary amides is 1. The van der Waals surface area contributed by atoms with Crippen LogP contribution in [0.1, 0.15) is 71.4 Å². The maximum atomic E-state index is 14.3. The van der Waals surface area contributed by atoms with Crippen molar-refractivity contribution in [2.24, 2.45) is 5.73 Å². The van der Waals surface area contributed by atoms with Crippen LogP contribution in [0.4, 0.5) is 4.79 Å². The van der Waals surface area contributed by atoms with Gasteiger partial charge in [0.05, 0.1) is 12.2 Å². The van der Waals surface area contributed by atoms with Crippen molar-refractivity contribution in [3.05, 3.63) is 35.4 Å². The van der Waals surface area contributed by atoms with Gasteiger partial charge in [0.25, 0.3) is 0 Å². The zero-order valence-electron chi connectivity index (χ0n) is 26.5. The van der Waals surface area contributed by atoms with Gasteiger partial charge in [0, 0.05) is 19.5 Å². The monoisotopic (exact) mass is 617 g/mol. The van der Waals surface area contributed by atoms with Crippen LogP contribution in [0.5, 0.6) is 0 Å². The summed E-state index contributed by atoms with van der Waals surface area (Å²) in [6.45, 7) is 10.1. The van der Waals surface area contributed by atoms with Gasteiger partial charge in [-0.25, -0.2) is 4.79 Å². The number of carbonyl (C=O) groups is 5. The second kappa shape index (κ2) is 13.9. The maximum Gasteiger partial charge on any atom is 0.408 e. The van der Waals surface area contributed by atoms with Crippen molar-refractivity contribution in [3.63, 3.8) is 0 Å². The van der Waals surface area contributed by atoms with Crippen LogP contribution in [-0.2, 0) is 30.3 Å². The number of aliphatic hydroxyl groups is 2. The van der Waals surface area contributed by atoms with Gasteiger partial charge in [-0.2, -0.15) is 0 Å². The Morgan fingerprint density at radius 2 is 1.70 bits per heavy atom. The molecule has 3 rings (SSSR count). The third kappa shape index (κ3) is 8.06. The Bertz CT molecular complexity index is 1250. The Labute approximate surface area is 258 Å². The van der Waals surface area contributed by atoms with E-state index in [2.05, 4.69) is 10.6 Å². The molecule has 2 aliphatic rings. The van der Waals surface area contributed by atoms with Gasteiger partial charge in [0.1, 0.15) is 29.3 Å². The van der Waals surface area contributed by atoms with E-state index in [1.165, 1.54) is 23.6 Å². The molecule has 1 aromatic carbocycles. The van der Waals surface area contributed by atoms with Crippen LogP contribution in [0.25, 0.3) is 0 Å². The molecular formula is C31H47N5O8. The van der Waals surface area contributed by atoms with E-state index in [0.717, 1.165) is 11.1 Å². The molecule has 0 bridgehead atoms. The highest BCUT2D eigenvalue weighted by molar-refractivity contribution is 5.98. The predicted octanol–water partition coefficient (Wildman–Crippen LogP) is 0.515. The molecule has 1 aromatic rings. The molecule has 2 heterocycles. The molecule has 0 aliphatic carbocycles. The molecule has 13 nitrogen and oxygen atoms in total. The lowest BCUT2D eigenvalue weighted by atomic mass is 9.85. The number of amides is 5. The van der Waals surface area contributed by atoms with E-state index in [-0.39, 0.29) is 25.9 Å². The zero-order chi connectivity index (χ0) is 33.0. The number of aryl methyl sites for hydroxylation is 1. The van der Waals surface area contributed by atoms with E-state index in [1.54, 1.807) is 20.8 Å². The molecule has 3 unspecified atom stereocenters. The number of nitrogens with zero attached hydrogens (tertiary/aromatic N) is 2. The quantitative estimate of drug-likeness (QED) is 0.251. The van der Waals surface area contributed by atoms with Crippen LogP contribution in [0.3, 0.4) is 0 Å². The first kappa shape index (κ1) is 34.8. The predicted molar refractivity (Wildman–Crippen MR) is 161 cm³/mol. The molecule has 2 fully saturated rings. The standard InChI is InChI=1S/C31H47N5O8/c1-18-10-7-11-21(16-18)17-31(28(42)33-23(19(2)37)25(32)39)13-9-15-36(31)26(40)22-12-8-14-35(22)27(41)24(20(3)38)34-29(43)44-30(4,5)6/h7,10-11,16,19-20,22-24,37-38H,8-9,12-15,17H2,1-6H3,(H2,32,39)(H,33,42)(H,34,43)/t19-,20-,22+,23?,24?,31?/m1/s1. The number of hydrogen-bond donors (Lipinski definition) is 5. The number of rotatable bonds is 10. The van der Waals surface area contributed by atoms with Gasteiger partial charge in [-0.3, -0.25) is 19.2 Å². The average Bonchev–Trinajstić information content (AvgIpc) is 3.56. The van der Waals surface area contributed by atoms with Crippen LogP contribution < -0.4 is 16.4 Å². The molecule has 6 N–H and O–H groups in total. The molecule has 2 saturated heterocycles. The van der Waals surface area contributed by atoms with Crippen molar-refractivity contribution in [2.45, 2.75) is 115 Å². The van der Waals surface area contributed by atoms with E-state index in [9.17, 15) is 34.2 Å². The summed E-state index contributed by atoms with van der Waals surface area (Å²) in [6, 6.07) is 3.85. The van der Waals surface area contributed by atoms with Crippen molar-refractivity contribution >= 4 is 29.7 Å². The summed E-state index contributed by atoms with van der Waals surface area (Å²) in [5.41, 5.74) is 4.96. The van der Waals surface area contributed by atoms with Crippen molar-refractivity contribution in [1.29, 1.82) is 0 Å². The third-order valence-corrected chi connectivity index (χ3v) is 8.07. The third-order valence-electron chi connectivity index (χ3n) is 8.07. The highest BCUT2D eigenvalue weighted by Crippen LogP contribution is 2.36. The Morgan fingerprint density at radius 1 is 1.05 bits per heavy atom. The van der Waals surface area contributed by atoms with Crippen LogP contribution in [0.15, 0.2) is 24.3 Å². The number of aliphatic hydroxyl groups excluding tert-OH is 2. The maximum absolute atomic E-state index is 14.3. The molecule has 6 atom stereocenters. The molecule has 2 aliphatic heterocycles. The fourth-order valence-corrected chi connectivity index (χ4v) is 6.03. The molecule has 44 heavy (non-hydrogen) atoms. The molecule has 13 heteroatoms. The van der Waals surface area contributed by atoms with Crippen molar-refractivity contribution in [1.82, 2.24) is 20.4 Å². The minimum atomic E-state index is -1.43. The summed E-state index contributed by atoms with van der Waals surface area (Å²) in [5, 5.41) is 25.6. The number of nitrogens with two attached hydrogens (primary N) is 1. The Hall–Kier alpha value is -3.71. The summed E-state index contributed by atoms with van der Waals surface area (Å²) in [6.07, 6.45) is -1.72. The van der Waals surface area contributed by atoms with Crippen molar-refractivity contribution in [3.8, 4) is 0 Å². The van der Waals surface area contributed by atoms with Gasteiger partial charge in [-0.05, 0) is 72.8 Å². The fraction of sp³-hybridized carbons (Fsp3) is 0.645. The molecule has 0 spiro atoms. The van der Waals surface area contributed by atoms with E-state index >= 15 is 0 Å². The molecule has 5 amide bonds. The van der Waals surface area contributed by atoms with E-state index in [0.29, 0.717) is 19.3 Å². The van der Waals surface area contributed by atoms with Gasteiger partial charge >= 0.3 is 6.09 Å². The lowest BCUT2D eigenvalue weighted by molar-refractivity contribution is -0.153. The summed E-state index contributed by atoms with van der Waals surface area (Å²) >= 11 is 0. The summed E-state index contributed by atoms with van der Waals surface area (Å²) in [5.74, 6) is -2.63. The SMILES string of the molecule is Cc1cccc(CC2(C(=O)NC(C(N)=O)[C@@H](C)O)CCCN2C(=O)[C@@H]2CCCN2C(=O)C(NC(=O)OC(C)(C)C)[C@@H](C)O)c1. The van der Waals surface area contributed by atoms with Gasteiger partial charge in [0.15, 0.2) is 0 Å². The van der Waals surface area contributed by atoms with Gasteiger partial charge in [-0.15, -0.1) is 0 Å². The average molecular weight is 618 g/mol. The summed E-state index contributed by atoms with van der Waals surface area (Å²) < 4.78 is 5.27. The van der Waals surface area contributed by atoms with Crippen molar-refractivity contribution < 1.29 is 38.9 Å². The number of hydrogen-bond acceptors (Lipinski definition) is 8. The number of carbonyl (C=O) groups excluding carboxylic acids is 5. The minimum Gasteiger partial charge on any atom is -0.444 e. The van der Waals surface area contributed by atoms with Gasteiger partial charge < -0.3 is 41.1 Å². The zero-order valence-corrected chi connectivity index (χ0v) is 26.5. The molecular weight excluding hydrogens is 570 g/mol. The molecule has 0 saturated carbocycles. The largest absolute Gasteiger partial charge is 0.444 e. The van der Waals surface area contributed by atoms with Crippen LogP contribution >= 0.6 is 0 Å². The Balaban J connectivity index is 1.95.